The van der Waals surface area contributed by atoms with Gasteiger partial charge in [-0.25, -0.2) is 4.98 Å². The third kappa shape index (κ3) is 1.61. The fraction of sp³-hybridized carbons (Fsp3) is 0.250. The zero-order valence-corrected chi connectivity index (χ0v) is 9.02. The van der Waals surface area contributed by atoms with Gasteiger partial charge in [-0.3, -0.25) is 4.57 Å². The highest BCUT2D eigenvalue weighted by Gasteiger charge is 2.26. The lowest BCUT2D eigenvalue weighted by molar-refractivity contribution is -0.389. The van der Waals surface area contributed by atoms with Crippen molar-refractivity contribution in [3.8, 4) is 11.9 Å². The van der Waals surface area contributed by atoms with Gasteiger partial charge in [0.1, 0.15) is 12.4 Å². The van der Waals surface area contributed by atoms with Gasteiger partial charge >= 0.3 is 5.82 Å². The van der Waals surface area contributed by atoms with Gasteiger partial charge < -0.3 is 10.1 Å². The molecule has 2 aromatic rings. The molecule has 0 aromatic carbocycles. The van der Waals surface area contributed by atoms with E-state index >= 15 is 0 Å². The van der Waals surface area contributed by atoms with Gasteiger partial charge in [0.2, 0.25) is 11.6 Å². The Hall–Kier alpha value is -2.76. The smallest absolute Gasteiger partial charge is 0.358 e. The van der Waals surface area contributed by atoms with Crippen molar-refractivity contribution in [2.45, 2.75) is 6.92 Å². The average Bonchev–Trinajstić information content (AvgIpc) is 2.85. The van der Waals surface area contributed by atoms with E-state index < -0.39 is 4.92 Å². The molecule has 0 fully saturated rings. The maximum Gasteiger partial charge on any atom is 0.409 e. The van der Waals surface area contributed by atoms with E-state index in [0.717, 1.165) is 4.68 Å². The highest BCUT2D eigenvalue weighted by atomic mass is 16.6. The Bertz CT molecular complexity index is 633. The Morgan fingerprint density at radius 3 is 2.82 bits per heavy atom. The molecule has 0 saturated heterocycles. The number of nitriles is 1. The molecule has 0 aliphatic carbocycles. The second-order valence-electron chi connectivity index (χ2n) is 3.25. The van der Waals surface area contributed by atoms with Crippen LogP contribution >= 0.6 is 0 Å². The number of rotatable bonds is 2. The van der Waals surface area contributed by atoms with Crippen molar-refractivity contribution in [3.05, 3.63) is 28.1 Å². The van der Waals surface area contributed by atoms with Crippen LogP contribution in [-0.4, -0.2) is 29.2 Å². The summed E-state index contributed by atoms with van der Waals surface area (Å²) in [4.78, 5) is 17.7. The average molecular weight is 233 g/mol. The van der Waals surface area contributed by atoms with E-state index in [-0.39, 0.29) is 17.5 Å². The molecule has 17 heavy (non-hydrogen) atoms. The highest BCUT2D eigenvalue weighted by Crippen LogP contribution is 2.21. The van der Waals surface area contributed by atoms with E-state index in [2.05, 4.69) is 15.1 Å². The van der Waals surface area contributed by atoms with Gasteiger partial charge in [-0.2, -0.15) is 9.94 Å². The first-order valence-corrected chi connectivity index (χ1v) is 4.54. The minimum atomic E-state index is -0.601. The number of nitro groups is 1. The summed E-state index contributed by atoms with van der Waals surface area (Å²) in [6.45, 7) is 1.64. The Kier molecular flexibility index (Phi) is 2.32. The first-order valence-electron chi connectivity index (χ1n) is 4.54. The lowest BCUT2D eigenvalue weighted by atomic mass is 10.6. The van der Waals surface area contributed by atoms with Crippen LogP contribution in [0.2, 0.25) is 0 Å². The highest BCUT2D eigenvalue weighted by molar-refractivity contribution is 5.42. The summed E-state index contributed by atoms with van der Waals surface area (Å²) in [6.07, 6.45) is 1.24. The fourth-order valence-corrected chi connectivity index (χ4v) is 1.38. The Labute approximate surface area is 95.1 Å². The molecule has 86 valence electrons. The number of aryl methyl sites for hydroxylation is 1. The summed E-state index contributed by atoms with van der Waals surface area (Å²) in [6, 6.07) is 1.75. The van der Waals surface area contributed by atoms with Gasteiger partial charge in [0.05, 0.1) is 0 Å². The zero-order valence-electron chi connectivity index (χ0n) is 9.02. The molecule has 0 N–H and O–H groups in total. The largest absolute Gasteiger partial charge is 0.409 e. The van der Waals surface area contributed by atoms with Gasteiger partial charge in [-0.1, -0.05) is 0 Å². The van der Waals surface area contributed by atoms with Crippen LogP contribution in [0.25, 0.3) is 5.82 Å². The normalized spacial score (nSPS) is 10.2. The van der Waals surface area contributed by atoms with E-state index in [1.54, 1.807) is 20.0 Å². The van der Waals surface area contributed by atoms with Crippen molar-refractivity contribution in [1.29, 1.82) is 5.26 Å². The fourth-order valence-electron chi connectivity index (χ4n) is 1.38. The SMILES string of the molecule is Cc1nc([N+](=O)[O-])c(-n2cnc(C#N)n2)n1C. The Balaban J connectivity index is 2.66. The summed E-state index contributed by atoms with van der Waals surface area (Å²) in [7, 11) is 1.62. The summed E-state index contributed by atoms with van der Waals surface area (Å²) in [5.74, 6) is 0.264. The number of hydrogen-bond donors (Lipinski definition) is 0. The van der Waals surface area contributed by atoms with Crippen LogP contribution in [0, 0.1) is 28.4 Å². The first kappa shape index (κ1) is 10.7. The summed E-state index contributed by atoms with van der Waals surface area (Å²) < 4.78 is 2.67. The second-order valence-corrected chi connectivity index (χ2v) is 3.25. The molecule has 0 saturated carbocycles. The summed E-state index contributed by atoms with van der Waals surface area (Å²) in [5, 5.41) is 23.2. The third-order valence-corrected chi connectivity index (χ3v) is 2.25. The second kappa shape index (κ2) is 3.67. The van der Waals surface area contributed by atoms with Crippen molar-refractivity contribution in [2.24, 2.45) is 7.05 Å². The van der Waals surface area contributed by atoms with Crippen molar-refractivity contribution in [2.75, 3.05) is 0 Å². The number of aromatic nitrogens is 5. The summed E-state index contributed by atoms with van der Waals surface area (Å²) in [5.41, 5.74) is 0. The van der Waals surface area contributed by atoms with Crippen LogP contribution in [0.4, 0.5) is 5.82 Å². The third-order valence-electron chi connectivity index (χ3n) is 2.25. The van der Waals surface area contributed by atoms with Crippen LogP contribution in [0.1, 0.15) is 11.6 Å². The van der Waals surface area contributed by atoms with Crippen LogP contribution in [0.15, 0.2) is 6.33 Å². The molecule has 0 bridgehead atoms. The van der Waals surface area contributed by atoms with E-state index in [0.29, 0.717) is 5.82 Å². The number of hydrogen-bond acceptors (Lipinski definition) is 6. The molecule has 0 spiro atoms. The molecule has 2 aromatic heterocycles. The minimum Gasteiger partial charge on any atom is -0.358 e. The molecule has 9 heteroatoms. The van der Waals surface area contributed by atoms with Gasteiger partial charge in [-0.15, -0.1) is 5.10 Å². The van der Waals surface area contributed by atoms with Crippen molar-refractivity contribution in [1.82, 2.24) is 24.3 Å². The van der Waals surface area contributed by atoms with E-state index in [1.807, 2.05) is 0 Å². The standard InChI is InChI=1S/C8H7N7O2/c1-5-11-7(15(16)17)8(13(5)2)14-4-10-6(3-9)12-14/h4H,1-2H3. The van der Waals surface area contributed by atoms with Crippen molar-refractivity contribution >= 4 is 5.82 Å². The zero-order chi connectivity index (χ0) is 12.6. The van der Waals surface area contributed by atoms with Crippen LogP contribution in [0.5, 0.6) is 0 Å². The van der Waals surface area contributed by atoms with Crippen LogP contribution in [-0.2, 0) is 7.05 Å². The molecular weight excluding hydrogens is 226 g/mol. The van der Waals surface area contributed by atoms with Crippen molar-refractivity contribution in [3.63, 3.8) is 0 Å². The molecule has 0 radical (unpaired) electrons. The lowest BCUT2D eigenvalue weighted by Crippen LogP contribution is -2.06. The lowest BCUT2D eigenvalue weighted by Gasteiger charge is -2.00. The van der Waals surface area contributed by atoms with Gasteiger partial charge in [0, 0.05) is 14.0 Å². The first-order chi connectivity index (χ1) is 8.04. The molecular formula is C8H7N7O2. The van der Waals surface area contributed by atoms with E-state index in [9.17, 15) is 10.1 Å². The van der Waals surface area contributed by atoms with Gasteiger partial charge in [0.15, 0.2) is 0 Å². The maximum atomic E-state index is 10.8. The quantitative estimate of drug-likeness (QED) is 0.536. The van der Waals surface area contributed by atoms with Gasteiger partial charge in [-0.05, 0) is 9.91 Å². The molecule has 2 rings (SSSR count). The minimum absolute atomic E-state index is 0.0573. The summed E-state index contributed by atoms with van der Waals surface area (Å²) >= 11 is 0. The number of nitrogens with zero attached hydrogens (tertiary/aromatic N) is 7. The molecule has 0 amide bonds. The van der Waals surface area contributed by atoms with E-state index in [4.69, 9.17) is 5.26 Å². The van der Waals surface area contributed by atoms with Crippen molar-refractivity contribution < 1.29 is 4.92 Å². The molecule has 0 unspecified atom stereocenters. The molecule has 0 aliphatic heterocycles. The molecule has 2 heterocycles. The molecule has 0 atom stereocenters. The molecule has 9 nitrogen and oxygen atoms in total. The van der Waals surface area contributed by atoms with Gasteiger partial charge in [0.25, 0.3) is 5.82 Å². The molecule has 0 aliphatic rings. The predicted molar refractivity (Wildman–Crippen MR) is 54.2 cm³/mol. The van der Waals surface area contributed by atoms with E-state index in [1.165, 1.54) is 10.9 Å². The maximum absolute atomic E-state index is 10.8. The monoisotopic (exact) mass is 233 g/mol. The Morgan fingerprint density at radius 1 is 1.59 bits per heavy atom. The van der Waals surface area contributed by atoms with Crippen LogP contribution in [0.3, 0.4) is 0 Å². The number of imidazole rings is 1. The predicted octanol–water partition coefficient (Wildman–Crippen LogP) is 0.0891. The van der Waals surface area contributed by atoms with Crippen LogP contribution < -0.4 is 0 Å². The topological polar surface area (TPSA) is 115 Å². The Morgan fingerprint density at radius 2 is 2.29 bits per heavy atom.